The molecule has 0 aromatic heterocycles. The number of hydrogen-bond acceptors (Lipinski definition) is 1. The second kappa shape index (κ2) is 6.10. The van der Waals surface area contributed by atoms with Crippen LogP contribution in [-0.4, -0.2) is 5.78 Å². The third-order valence-corrected chi connectivity index (χ3v) is 3.91. The van der Waals surface area contributed by atoms with Crippen LogP contribution in [0.4, 0.5) is 4.39 Å². The summed E-state index contributed by atoms with van der Waals surface area (Å²) in [5, 5.41) is 0. The fraction of sp³-hybridized carbons (Fsp3) is 0.278. The molecule has 0 unspecified atom stereocenters. The Hall–Kier alpha value is -1.48. The smallest absolute Gasteiger partial charge is 0.170 e. The van der Waals surface area contributed by atoms with Crippen molar-refractivity contribution < 1.29 is 9.18 Å². The zero-order valence-electron chi connectivity index (χ0n) is 12.4. The Bertz CT molecular complexity index is 654. The van der Waals surface area contributed by atoms with E-state index in [0.717, 1.165) is 5.56 Å². The van der Waals surface area contributed by atoms with Gasteiger partial charge in [0.2, 0.25) is 0 Å². The summed E-state index contributed by atoms with van der Waals surface area (Å²) in [4.78, 5) is 12.2. The van der Waals surface area contributed by atoms with Crippen molar-refractivity contribution in [1.29, 1.82) is 0 Å². The molecule has 21 heavy (non-hydrogen) atoms. The molecule has 110 valence electrons. The molecule has 2 aromatic rings. The van der Waals surface area contributed by atoms with E-state index >= 15 is 0 Å². The van der Waals surface area contributed by atoms with Crippen LogP contribution >= 0.6 is 15.9 Å². The molecule has 0 saturated heterocycles. The fourth-order valence-electron chi connectivity index (χ4n) is 2.11. The topological polar surface area (TPSA) is 17.1 Å². The first-order valence-electron chi connectivity index (χ1n) is 6.85. The van der Waals surface area contributed by atoms with E-state index in [1.54, 1.807) is 6.07 Å². The van der Waals surface area contributed by atoms with Crippen LogP contribution in [0.2, 0.25) is 0 Å². The molecule has 0 spiro atoms. The van der Waals surface area contributed by atoms with Crippen LogP contribution in [0.15, 0.2) is 46.9 Å². The fourth-order valence-corrected chi connectivity index (χ4v) is 2.48. The summed E-state index contributed by atoms with van der Waals surface area (Å²) >= 11 is 3.26. The quantitative estimate of drug-likeness (QED) is 0.686. The summed E-state index contributed by atoms with van der Waals surface area (Å²) < 4.78 is 14.4. The highest BCUT2D eigenvalue weighted by atomic mass is 79.9. The Labute approximate surface area is 133 Å². The lowest BCUT2D eigenvalue weighted by atomic mass is 9.86. The lowest BCUT2D eigenvalue weighted by Crippen LogP contribution is -2.11. The molecule has 2 aromatic carbocycles. The molecule has 1 nitrogen and oxygen atoms in total. The van der Waals surface area contributed by atoms with E-state index in [0.29, 0.717) is 4.47 Å². The summed E-state index contributed by atoms with van der Waals surface area (Å²) in [5.41, 5.74) is 2.32. The number of halogens is 2. The van der Waals surface area contributed by atoms with Gasteiger partial charge in [0.15, 0.2) is 5.78 Å². The molecule has 0 fully saturated rings. The van der Waals surface area contributed by atoms with Crippen molar-refractivity contribution >= 4 is 21.7 Å². The van der Waals surface area contributed by atoms with Gasteiger partial charge in [-0.2, -0.15) is 0 Å². The van der Waals surface area contributed by atoms with E-state index in [2.05, 4.69) is 36.7 Å². The normalized spacial score (nSPS) is 11.5. The van der Waals surface area contributed by atoms with Crippen LogP contribution in [0, 0.1) is 5.82 Å². The maximum atomic E-state index is 13.7. The Balaban J connectivity index is 2.18. The molecular weight excluding hydrogens is 331 g/mol. The number of Topliss-reactive ketones (excluding diaryl/α,β-unsaturated/α-hetero) is 1. The van der Waals surface area contributed by atoms with Gasteiger partial charge >= 0.3 is 0 Å². The van der Waals surface area contributed by atoms with Gasteiger partial charge in [-0.15, -0.1) is 0 Å². The summed E-state index contributed by atoms with van der Waals surface area (Å²) in [6.07, 6.45) is 0.206. The lowest BCUT2D eigenvalue weighted by Gasteiger charge is -2.19. The van der Waals surface area contributed by atoms with Crippen molar-refractivity contribution in [3.63, 3.8) is 0 Å². The molecule has 0 aliphatic heterocycles. The monoisotopic (exact) mass is 348 g/mol. The van der Waals surface area contributed by atoms with Crippen molar-refractivity contribution in [1.82, 2.24) is 0 Å². The van der Waals surface area contributed by atoms with Crippen LogP contribution in [-0.2, 0) is 11.8 Å². The van der Waals surface area contributed by atoms with Gasteiger partial charge in [-0.3, -0.25) is 4.79 Å². The number of carbonyl (C=O) groups excluding carboxylic acids is 1. The minimum Gasteiger partial charge on any atom is -0.294 e. The van der Waals surface area contributed by atoms with Gasteiger partial charge in [0.25, 0.3) is 0 Å². The van der Waals surface area contributed by atoms with Gasteiger partial charge < -0.3 is 0 Å². The minimum absolute atomic E-state index is 0.0823. The first-order valence-corrected chi connectivity index (χ1v) is 7.64. The van der Waals surface area contributed by atoms with Crippen molar-refractivity contribution in [2.45, 2.75) is 32.6 Å². The maximum Gasteiger partial charge on any atom is 0.170 e. The Morgan fingerprint density at radius 2 is 1.71 bits per heavy atom. The van der Waals surface area contributed by atoms with Crippen molar-refractivity contribution in [2.75, 3.05) is 0 Å². The highest BCUT2D eigenvalue weighted by Crippen LogP contribution is 2.23. The average Bonchev–Trinajstić information content (AvgIpc) is 2.41. The minimum atomic E-state index is -0.477. The largest absolute Gasteiger partial charge is 0.294 e. The van der Waals surface area contributed by atoms with Gasteiger partial charge in [-0.05, 0) is 34.7 Å². The van der Waals surface area contributed by atoms with E-state index < -0.39 is 5.82 Å². The molecule has 0 heterocycles. The van der Waals surface area contributed by atoms with Gasteiger partial charge in [-0.1, -0.05) is 61.0 Å². The second-order valence-corrected chi connectivity index (χ2v) is 7.09. The zero-order chi connectivity index (χ0) is 15.6. The van der Waals surface area contributed by atoms with Crippen molar-refractivity contribution in [3.05, 3.63) is 69.4 Å². The maximum absolute atomic E-state index is 13.7. The van der Waals surface area contributed by atoms with Crippen LogP contribution in [0.3, 0.4) is 0 Å². The Morgan fingerprint density at radius 1 is 1.10 bits per heavy atom. The predicted molar refractivity (Wildman–Crippen MR) is 87.3 cm³/mol. The number of ketones is 1. The second-order valence-electron chi connectivity index (χ2n) is 6.17. The molecule has 0 aliphatic carbocycles. The Morgan fingerprint density at radius 3 is 2.29 bits per heavy atom. The van der Waals surface area contributed by atoms with Crippen LogP contribution < -0.4 is 0 Å². The molecule has 0 atom stereocenters. The molecule has 2 rings (SSSR count). The van der Waals surface area contributed by atoms with Gasteiger partial charge in [-0.25, -0.2) is 4.39 Å². The SMILES string of the molecule is CC(C)(C)c1ccc(CC(=O)c2cc(Br)ccc2F)cc1. The highest BCUT2D eigenvalue weighted by molar-refractivity contribution is 9.10. The average molecular weight is 349 g/mol. The molecule has 0 N–H and O–H groups in total. The van der Waals surface area contributed by atoms with E-state index in [1.165, 1.54) is 17.7 Å². The number of carbonyl (C=O) groups is 1. The molecule has 0 bridgehead atoms. The van der Waals surface area contributed by atoms with Crippen molar-refractivity contribution in [2.24, 2.45) is 0 Å². The van der Waals surface area contributed by atoms with E-state index in [9.17, 15) is 9.18 Å². The van der Waals surface area contributed by atoms with Crippen LogP contribution in [0.25, 0.3) is 0 Å². The molecule has 0 amide bonds. The lowest BCUT2D eigenvalue weighted by molar-refractivity contribution is 0.0989. The van der Waals surface area contributed by atoms with E-state index in [1.807, 2.05) is 24.3 Å². The molecule has 3 heteroatoms. The standard InChI is InChI=1S/C18H18BrFO/c1-18(2,3)13-6-4-12(5-7-13)10-17(21)15-11-14(19)8-9-16(15)20/h4-9,11H,10H2,1-3H3. The zero-order valence-corrected chi connectivity index (χ0v) is 14.0. The molecule has 0 aliphatic rings. The number of rotatable bonds is 3. The highest BCUT2D eigenvalue weighted by Gasteiger charge is 2.15. The van der Waals surface area contributed by atoms with Crippen molar-refractivity contribution in [3.8, 4) is 0 Å². The third-order valence-electron chi connectivity index (χ3n) is 3.41. The van der Waals surface area contributed by atoms with Crippen LogP contribution in [0.5, 0.6) is 0 Å². The number of hydrogen-bond donors (Lipinski definition) is 0. The molecule has 0 saturated carbocycles. The first-order chi connectivity index (χ1) is 9.77. The van der Waals surface area contributed by atoms with Gasteiger partial charge in [0.1, 0.15) is 5.82 Å². The van der Waals surface area contributed by atoms with E-state index in [-0.39, 0.29) is 23.2 Å². The third kappa shape index (κ3) is 4.01. The Kier molecular flexibility index (Phi) is 4.62. The molecular formula is C18H18BrFO. The van der Waals surface area contributed by atoms with Gasteiger partial charge in [0.05, 0.1) is 5.56 Å². The first kappa shape index (κ1) is 15.9. The summed E-state index contributed by atoms with van der Waals surface area (Å²) in [7, 11) is 0. The number of benzene rings is 2. The predicted octanol–water partition coefficient (Wildman–Crippen LogP) is 5.31. The summed E-state index contributed by atoms with van der Waals surface area (Å²) in [6.45, 7) is 6.43. The summed E-state index contributed by atoms with van der Waals surface area (Å²) in [5.74, 6) is -0.688. The molecule has 0 radical (unpaired) electrons. The van der Waals surface area contributed by atoms with E-state index in [4.69, 9.17) is 0 Å². The van der Waals surface area contributed by atoms with Crippen LogP contribution in [0.1, 0.15) is 42.3 Å². The summed E-state index contributed by atoms with van der Waals surface area (Å²) in [6, 6.07) is 12.4. The van der Waals surface area contributed by atoms with Gasteiger partial charge in [0, 0.05) is 10.9 Å².